The summed E-state index contributed by atoms with van der Waals surface area (Å²) in [6.45, 7) is 2.97. The fourth-order valence-corrected chi connectivity index (χ4v) is 4.29. The van der Waals surface area contributed by atoms with Gasteiger partial charge in [0.1, 0.15) is 11.5 Å². The van der Waals surface area contributed by atoms with Crippen molar-refractivity contribution in [3.63, 3.8) is 0 Å². The molecule has 2 aliphatic heterocycles. The van der Waals surface area contributed by atoms with E-state index in [2.05, 4.69) is 6.92 Å². The highest BCUT2D eigenvalue weighted by Gasteiger charge is 2.64. The summed E-state index contributed by atoms with van der Waals surface area (Å²) < 4.78 is 11.5. The van der Waals surface area contributed by atoms with Gasteiger partial charge in [0, 0.05) is 6.61 Å². The van der Waals surface area contributed by atoms with Gasteiger partial charge in [0.05, 0.1) is 18.6 Å². The lowest BCUT2D eigenvalue weighted by molar-refractivity contribution is -0.158. The second kappa shape index (κ2) is 9.53. The Labute approximate surface area is 149 Å². The van der Waals surface area contributed by atoms with Crippen LogP contribution in [0.1, 0.15) is 71.1 Å². The minimum Gasteiger partial charge on any atom is -0.481 e. The Hall–Kier alpha value is -1.14. The van der Waals surface area contributed by atoms with Crippen LogP contribution in [-0.2, 0) is 19.1 Å². The summed E-state index contributed by atoms with van der Waals surface area (Å²) in [7, 11) is 0. The summed E-state index contributed by atoms with van der Waals surface area (Å²) >= 11 is 0. The first-order valence-corrected chi connectivity index (χ1v) is 9.73. The molecular formula is C19H32O6. The molecule has 25 heavy (non-hydrogen) atoms. The van der Waals surface area contributed by atoms with E-state index in [0.717, 1.165) is 12.8 Å². The van der Waals surface area contributed by atoms with E-state index in [0.29, 0.717) is 19.4 Å². The Kier molecular flexibility index (Phi) is 7.69. The van der Waals surface area contributed by atoms with Gasteiger partial charge in [-0.15, -0.1) is 0 Å². The molecule has 0 aromatic carbocycles. The molecule has 6 nitrogen and oxygen atoms in total. The Balaban J connectivity index is 1.68. The molecule has 0 aromatic rings. The number of carboxylic acid groups (broad SMARTS) is 2. The van der Waals surface area contributed by atoms with Gasteiger partial charge in [-0.1, -0.05) is 51.9 Å². The van der Waals surface area contributed by atoms with E-state index in [4.69, 9.17) is 9.47 Å². The Morgan fingerprint density at radius 3 is 2.28 bits per heavy atom. The highest BCUT2D eigenvalue weighted by molar-refractivity contribution is 5.83. The fourth-order valence-electron chi connectivity index (χ4n) is 4.29. The van der Waals surface area contributed by atoms with Crippen LogP contribution in [0.3, 0.4) is 0 Å². The minimum atomic E-state index is -1.09. The molecule has 2 heterocycles. The highest BCUT2D eigenvalue weighted by Crippen LogP contribution is 2.51. The van der Waals surface area contributed by atoms with Crippen LogP contribution in [0.2, 0.25) is 0 Å². The quantitative estimate of drug-likeness (QED) is 0.491. The summed E-state index contributed by atoms with van der Waals surface area (Å²) in [5.41, 5.74) is -0.959. The number of unbranched alkanes of at least 4 members (excludes halogenated alkanes) is 7. The van der Waals surface area contributed by atoms with Crippen molar-refractivity contribution in [2.24, 2.45) is 11.8 Å². The van der Waals surface area contributed by atoms with Gasteiger partial charge in [-0.05, 0) is 19.3 Å². The molecule has 144 valence electrons. The maximum absolute atomic E-state index is 11.6. The minimum absolute atomic E-state index is 0.181. The molecule has 2 unspecified atom stereocenters. The van der Waals surface area contributed by atoms with Gasteiger partial charge < -0.3 is 19.7 Å². The average molecular weight is 356 g/mol. The highest BCUT2D eigenvalue weighted by atomic mass is 16.6. The first kappa shape index (κ1) is 20.2. The third-order valence-corrected chi connectivity index (χ3v) is 5.60. The lowest BCUT2D eigenvalue weighted by atomic mass is 9.72. The lowest BCUT2D eigenvalue weighted by Crippen LogP contribution is -2.48. The average Bonchev–Trinajstić information content (AvgIpc) is 3.12. The summed E-state index contributed by atoms with van der Waals surface area (Å²) in [5, 5.41) is 18.8. The molecule has 0 saturated carbocycles. The van der Waals surface area contributed by atoms with E-state index in [9.17, 15) is 19.8 Å². The number of carbonyl (C=O) groups is 2. The maximum atomic E-state index is 11.6. The number of hydrogen-bond acceptors (Lipinski definition) is 4. The van der Waals surface area contributed by atoms with Crippen molar-refractivity contribution in [2.45, 2.75) is 82.8 Å². The van der Waals surface area contributed by atoms with Crippen molar-refractivity contribution in [3.8, 4) is 0 Å². The van der Waals surface area contributed by atoms with E-state index in [-0.39, 0.29) is 6.61 Å². The molecule has 2 N–H and O–H groups in total. The van der Waals surface area contributed by atoms with Gasteiger partial charge in [0.25, 0.3) is 0 Å². The number of carboxylic acids is 2. The molecule has 0 aromatic heterocycles. The molecule has 0 spiro atoms. The molecule has 0 amide bonds. The van der Waals surface area contributed by atoms with Crippen LogP contribution in [0.15, 0.2) is 0 Å². The summed E-state index contributed by atoms with van der Waals surface area (Å²) in [4.78, 5) is 23.0. The van der Waals surface area contributed by atoms with Gasteiger partial charge in [-0.3, -0.25) is 9.59 Å². The molecule has 2 saturated heterocycles. The number of hydrogen-bond donors (Lipinski definition) is 2. The number of fused-ring (bicyclic) bond motifs is 2. The SMILES string of the molecule is CCCCCCCCCCOC[C@@]12CC[C@@H](O1)C(C(=O)O)C2C(=O)O. The monoisotopic (exact) mass is 356 g/mol. The van der Waals surface area contributed by atoms with E-state index in [1.165, 1.54) is 38.5 Å². The Bertz CT molecular complexity index is 451. The molecule has 2 rings (SSSR count). The second-order valence-electron chi connectivity index (χ2n) is 7.47. The van der Waals surface area contributed by atoms with Crippen molar-refractivity contribution in [1.82, 2.24) is 0 Å². The van der Waals surface area contributed by atoms with E-state index in [1.54, 1.807) is 0 Å². The number of ether oxygens (including phenoxy) is 2. The standard InChI is InChI=1S/C19H32O6/c1-2-3-4-5-6-7-8-9-12-24-13-19-11-10-14(25-19)15(17(20)21)16(19)18(22)23/h14-16H,2-13H2,1H3,(H,20,21)(H,22,23)/t14-,15?,16?,19-/m1/s1. The van der Waals surface area contributed by atoms with Crippen molar-refractivity contribution < 1.29 is 29.3 Å². The molecule has 2 aliphatic rings. The molecule has 2 bridgehead atoms. The largest absolute Gasteiger partial charge is 0.481 e. The number of aliphatic carboxylic acids is 2. The third-order valence-electron chi connectivity index (χ3n) is 5.60. The van der Waals surface area contributed by atoms with Gasteiger partial charge in [-0.2, -0.15) is 0 Å². The van der Waals surface area contributed by atoms with Crippen molar-refractivity contribution in [1.29, 1.82) is 0 Å². The van der Waals surface area contributed by atoms with Crippen LogP contribution in [-0.4, -0.2) is 47.1 Å². The van der Waals surface area contributed by atoms with Crippen LogP contribution in [0.25, 0.3) is 0 Å². The molecule has 2 fully saturated rings. The van der Waals surface area contributed by atoms with Gasteiger partial charge in [-0.25, -0.2) is 0 Å². The first-order valence-electron chi connectivity index (χ1n) is 9.73. The van der Waals surface area contributed by atoms with Crippen molar-refractivity contribution >= 4 is 11.9 Å². The third kappa shape index (κ3) is 4.94. The molecule has 0 radical (unpaired) electrons. The zero-order valence-electron chi connectivity index (χ0n) is 15.2. The van der Waals surface area contributed by atoms with Gasteiger partial charge >= 0.3 is 11.9 Å². The van der Waals surface area contributed by atoms with Crippen LogP contribution >= 0.6 is 0 Å². The lowest BCUT2D eigenvalue weighted by Gasteiger charge is -2.31. The fraction of sp³-hybridized carbons (Fsp3) is 0.895. The zero-order valence-corrected chi connectivity index (χ0v) is 15.2. The smallest absolute Gasteiger partial charge is 0.310 e. The van der Waals surface area contributed by atoms with Crippen molar-refractivity contribution in [3.05, 3.63) is 0 Å². The van der Waals surface area contributed by atoms with E-state index >= 15 is 0 Å². The predicted molar refractivity (Wildman–Crippen MR) is 92.5 cm³/mol. The zero-order chi connectivity index (χ0) is 18.3. The summed E-state index contributed by atoms with van der Waals surface area (Å²) in [5.74, 6) is -4.15. The van der Waals surface area contributed by atoms with Crippen molar-refractivity contribution in [2.75, 3.05) is 13.2 Å². The number of rotatable bonds is 13. The van der Waals surface area contributed by atoms with Crippen LogP contribution < -0.4 is 0 Å². The molecular weight excluding hydrogens is 324 g/mol. The van der Waals surface area contributed by atoms with Crippen LogP contribution in [0.5, 0.6) is 0 Å². The summed E-state index contributed by atoms with van der Waals surface area (Å²) in [6.07, 6.45) is 10.4. The molecule has 4 atom stereocenters. The predicted octanol–water partition coefficient (Wildman–Crippen LogP) is 3.48. The normalized spacial score (nSPS) is 30.7. The van der Waals surface area contributed by atoms with E-state index in [1.807, 2.05) is 0 Å². The second-order valence-corrected chi connectivity index (χ2v) is 7.47. The van der Waals surface area contributed by atoms with Crippen LogP contribution in [0, 0.1) is 11.8 Å². The molecule has 0 aliphatic carbocycles. The van der Waals surface area contributed by atoms with Crippen LogP contribution in [0.4, 0.5) is 0 Å². The Morgan fingerprint density at radius 2 is 1.68 bits per heavy atom. The Morgan fingerprint density at radius 1 is 1.04 bits per heavy atom. The topological polar surface area (TPSA) is 93.1 Å². The van der Waals surface area contributed by atoms with E-state index < -0.39 is 35.5 Å². The van der Waals surface area contributed by atoms with Gasteiger partial charge in [0.15, 0.2) is 0 Å². The summed E-state index contributed by atoms with van der Waals surface area (Å²) in [6, 6.07) is 0. The maximum Gasteiger partial charge on any atom is 0.310 e. The first-order chi connectivity index (χ1) is 12.0. The van der Waals surface area contributed by atoms with Gasteiger partial charge in [0.2, 0.25) is 0 Å². The molecule has 6 heteroatoms.